The predicted molar refractivity (Wildman–Crippen MR) is 139 cm³/mol. The van der Waals surface area contributed by atoms with Crippen LogP contribution in [0.5, 0.6) is 11.5 Å². The zero-order chi connectivity index (χ0) is 26.4. The highest BCUT2D eigenvalue weighted by atomic mass is 35.5. The first-order chi connectivity index (χ1) is 17.9. The Morgan fingerprint density at radius 2 is 1.73 bits per heavy atom. The number of para-hydroxylation sites is 1. The normalized spacial score (nSPS) is 14.4. The number of amides is 5. The molecular formula is C27H22ClN3O6. The van der Waals surface area contributed by atoms with Crippen molar-refractivity contribution in [1.29, 1.82) is 0 Å². The molecule has 1 fully saturated rings. The molecule has 3 aromatic rings. The molecule has 10 heteroatoms. The van der Waals surface area contributed by atoms with Gasteiger partial charge < -0.3 is 14.8 Å². The Labute approximate surface area is 217 Å². The van der Waals surface area contributed by atoms with Gasteiger partial charge in [0.25, 0.3) is 17.7 Å². The highest BCUT2D eigenvalue weighted by Gasteiger charge is 2.37. The first-order valence-electron chi connectivity index (χ1n) is 11.3. The van der Waals surface area contributed by atoms with Gasteiger partial charge >= 0.3 is 6.03 Å². The highest BCUT2D eigenvalue weighted by molar-refractivity contribution is 6.39. The van der Waals surface area contributed by atoms with Crippen LogP contribution < -0.4 is 25.0 Å². The number of barbiturate groups is 1. The van der Waals surface area contributed by atoms with Gasteiger partial charge in [-0.15, -0.1) is 0 Å². The lowest BCUT2D eigenvalue weighted by Gasteiger charge is -2.26. The Hall–Kier alpha value is -4.63. The number of imide groups is 2. The van der Waals surface area contributed by atoms with Gasteiger partial charge in [0.1, 0.15) is 17.1 Å². The number of nitrogens with one attached hydrogen (secondary N) is 2. The Morgan fingerprint density at radius 3 is 2.43 bits per heavy atom. The topological polar surface area (TPSA) is 114 Å². The van der Waals surface area contributed by atoms with E-state index in [-0.39, 0.29) is 29.2 Å². The summed E-state index contributed by atoms with van der Waals surface area (Å²) in [6.45, 7) is 1.97. The van der Waals surface area contributed by atoms with E-state index in [0.29, 0.717) is 23.1 Å². The third-order valence-electron chi connectivity index (χ3n) is 5.20. The van der Waals surface area contributed by atoms with Crippen LogP contribution in [0.1, 0.15) is 12.5 Å². The number of anilines is 2. The molecule has 5 amide bonds. The fraction of sp³-hybridized carbons (Fsp3) is 0.111. The van der Waals surface area contributed by atoms with Crippen molar-refractivity contribution < 1.29 is 28.7 Å². The molecule has 1 aliphatic heterocycles. The molecule has 3 aromatic carbocycles. The summed E-state index contributed by atoms with van der Waals surface area (Å²) in [6, 6.07) is 18.8. The quantitative estimate of drug-likeness (QED) is 0.336. The second-order valence-corrected chi connectivity index (χ2v) is 8.21. The minimum atomic E-state index is -0.878. The number of nitrogens with zero attached hydrogens (tertiary/aromatic N) is 1. The summed E-state index contributed by atoms with van der Waals surface area (Å²) in [5.74, 6) is -1.32. The van der Waals surface area contributed by atoms with Crippen LogP contribution >= 0.6 is 11.6 Å². The third-order valence-corrected chi connectivity index (χ3v) is 5.43. The fourth-order valence-electron chi connectivity index (χ4n) is 3.53. The van der Waals surface area contributed by atoms with Gasteiger partial charge in [-0.1, -0.05) is 29.8 Å². The van der Waals surface area contributed by atoms with Gasteiger partial charge in [0.2, 0.25) is 0 Å². The summed E-state index contributed by atoms with van der Waals surface area (Å²) in [5, 5.41) is 5.19. The van der Waals surface area contributed by atoms with E-state index in [0.717, 1.165) is 4.90 Å². The second kappa shape index (κ2) is 11.4. The maximum Gasteiger partial charge on any atom is 0.335 e. The van der Waals surface area contributed by atoms with Gasteiger partial charge in [-0.2, -0.15) is 0 Å². The van der Waals surface area contributed by atoms with Crippen LogP contribution in [0.4, 0.5) is 16.2 Å². The Bertz CT molecular complexity index is 1370. The molecule has 0 spiro atoms. The molecule has 0 saturated carbocycles. The van der Waals surface area contributed by atoms with E-state index < -0.39 is 23.8 Å². The van der Waals surface area contributed by atoms with E-state index in [4.69, 9.17) is 21.1 Å². The van der Waals surface area contributed by atoms with Crippen LogP contribution in [0.25, 0.3) is 6.08 Å². The zero-order valence-electron chi connectivity index (χ0n) is 19.7. The summed E-state index contributed by atoms with van der Waals surface area (Å²) < 4.78 is 11.0. The number of urea groups is 1. The largest absolute Gasteiger partial charge is 0.494 e. The van der Waals surface area contributed by atoms with Gasteiger partial charge in [-0.05, 0) is 67.6 Å². The zero-order valence-corrected chi connectivity index (χ0v) is 20.5. The van der Waals surface area contributed by atoms with Crippen molar-refractivity contribution in [2.75, 3.05) is 23.4 Å². The van der Waals surface area contributed by atoms with E-state index in [1.807, 2.05) is 13.0 Å². The minimum Gasteiger partial charge on any atom is -0.494 e. The molecule has 0 bridgehead atoms. The summed E-state index contributed by atoms with van der Waals surface area (Å²) >= 11 is 6.14. The lowest BCUT2D eigenvalue weighted by Crippen LogP contribution is -2.54. The average molecular weight is 520 g/mol. The van der Waals surface area contributed by atoms with E-state index in [1.54, 1.807) is 42.5 Å². The number of ether oxygens (including phenoxy) is 2. The van der Waals surface area contributed by atoms with Crippen molar-refractivity contribution in [2.45, 2.75) is 6.92 Å². The van der Waals surface area contributed by atoms with Gasteiger partial charge in [-0.3, -0.25) is 19.7 Å². The molecule has 0 radical (unpaired) electrons. The Balaban J connectivity index is 1.57. The number of hydrogen-bond donors (Lipinski definition) is 2. The molecule has 0 atom stereocenters. The molecule has 188 valence electrons. The molecule has 1 heterocycles. The van der Waals surface area contributed by atoms with Gasteiger partial charge in [-0.25, -0.2) is 9.69 Å². The summed E-state index contributed by atoms with van der Waals surface area (Å²) in [4.78, 5) is 51.5. The molecule has 0 unspecified atom stereocenters. The minimum absolute atomic E-state index is 0.213. The summed E-state index contributed by atoms with van der Waals surface area (Å²) in [6.07, 6.45) is 1.27. The van der Waals surface area contributed by atoms with Crippen molar-refractivity contribution >= 4 is 52.8 Å². The lowest BCUT2D eigenvalue weighted by molar-refractivity contribution is -0.122. The molecule has 0 aromatic heterocycles. The van der Waals surface area contributed by atoms with Gasteiger partial charge in [0.15, 0.2) is 6.61 Å². The van der Waals surface area contributed by atoms with Crippen LogP contribution in [-0.4, -0.2) is 37.0 Å². The number of hydrogen-bond acceptors (Lipinski definition) is 6. The maximum absolute atomic E-state index is 13.2. The molecule has 0 aliphatic carbocycles. The van der Waals surface area contributed by atoms with Crippen molar-refractivity contribution in [3.8, 4) is 11.5 Å². The van der Waals surface area contributed by atoms with E-state index in [2.05, 4.69) is 10.6 Å². The van der Waals surface area contributed by atoms with Crippen LogP contribution in [0, 0.1) is 0 Å². The molecular weight excluding hydrogens is 498 g/mol. The molecule has 1 saturated heterocycles. The maximum atomic E-state index is 13.2. The summed E-state index contributed by atoms with van der Waals surface area (Å²) in [7, 11) is 0. The summed E-state index contributed by atoms with van der Waals surface area (Å²) in [5.41, 5.74) is 0.830. The number of rotatable bonds is 8. The van der Waals surface area contributed by atoms with Gasteiger partial charge in [0.05, 0.1) is 12.3 Å². The van der Waals surface area contributed by atoms with Gasteiger partial charge in [0, 0.05) is 16.3 Å². The van der Waals surface area contributed by atoms with E-state index >= 15 is 0 Å². The Kier molecular flexibility index (Phi) is 7.85. The monoisotopic (exact) mass is 519 g/mol. The van der Waals surface area contributed by atoms with Crippen molar-refractivity contribution in [3.05, 3.63) is 89.0 Å². The third kappa shape index (κ3) is 6.14. The number of halogens is 1. The van der Waals surface area contributed by atoms with Crippen LogP contribution in [0.3, 0.4) is 0 Å². The van der Waals surface area contributed by atoms with Crippen molar-refractivity contribution in [1.82, 2.24) is 5.32 Å². The van der Waals surface area contributed by atoms with Crippen molar-refractivity contribution in [3.63, 3.8) is 0 Å². The number of carbonyl (C=O) groups excluding carboxylic acids is 4. The van der Waals surface area contributed by atoms with Crippen molar-refractivity contribution in [2.24, 2.45) is 0 Å². The molecule has 9 nitrogen and oxygen atoms in total. The van der Waals surface area contributed by atoms with Crippen LogP contribution in [-0.2, 0) is 14.4 Å². The first kappa shape index (κ1) is 25.5. The SMILES string of the molecule is CCOc1ccc(N2C(=O)NC(=O)/C(=C\c3cc(Cl)ccc3OCC(=O)Nc3ccccc3)C2=O)cc1. The molecule has 37 heavy (non-hydrogen) atoms. The van der Waals surface area contributed by atoms with E-state index in [9.17, 15) is 19.2 Å². The molecule has 1 aliphatic rings. The van der Waals surface area contributed by atoms with E-state index in [1.165, 1.54) is 30.3 Å². The standard InChI is InChI=1S/C27H22ClN3O6/c1-2-36-21-11-9-20(10-12-21)31-26(34)22(25(33)30-27(31)35)15-17-14-18(28)8-13-23(17)37-16-24(32)29-19-6-4-3-5-7-19/h3-15H,2,16H2,1H3,(H,29,32)(H,30,33,35)/b22-15+. The fourth-order valence-corrected chi connectivity index (χ4v) is 3.71. The highest BCUT2D eigenvalue weighted by Crippen LogP contribution is 2.28. The van der Waals surface area contributed by atoms with Crippen LogP contribution in [0.15, 0.2) is 78.4 Å². The number of carbonyl (C=O) groups is 4. The van der Waals surface area contributed by atoms with Crippen LogP contribution in [0.2, 0.25) is 5.02 Å². The smallest absolute Gasteiger partial charge is 0.335 e. The molecule has 2 N–H and O–H groups in total. The number of benzene rings is 3. The first-order valence-corrected chi connectivity index (χ1v) is 11.6. The average Bonchev–Trinajstić information content (AvgIpc) is 2.87. The predicted octanol–water partition coefficient (Wildman–Crippen LogP) is 4.42. The Morgan fingerprint density at radius 1 is 1.00 bits per heavy atom. The second-order valence-electron chi connectivity index (χ2n) is 7.77. The molecule has 4 rings (SSSR count). The lowest BCUT2D eigenvalue weighted by atomic mass is 10.1.